The van der Waals surface area contributed by atoms with Crippen LogP contribution in [0.4, 0.5) is 5.95 Å². The second-order valence-electron chi connectivity index (χ2n) is 8.84. The molecule has 8 heteroatoms. The van der Waals surface area contributed by atoms with Crippen LogP contribution in [0.5, 0.6) is 0 Å². The molecule has 0 bridgehead atoms. The minimum atomic E-state index is -0.166. The molecule has 0 saturated heterocycles. The molecule has 0 spiro atoms. The number of rotatable bonds is 7. The van der Waals surface area contributed by atoms with E-state index in [9.17, 15) is 14.9 Å². The molecular weight excluding hydrogens is 416 g/mol. The number of unbranched alkanes of at least 4 members (excludes halogenated alkanes) is 1. The molecule has 0 unspecified atom stereocenters. The van der Waals surface area contributed by atoms with E-state index < -0.39 is 0 Å². The summed E-state index contributed by atoms with van der Waals surface area (Å²) >= 11 is 0. The van der Waals surface area contributed by atoms with E-state index in [1.54, 1.807) is 17.0 Å². The first-order valence-electron chi connectivity index (χ1n) is 11.8. The lowest BCUT2D eigenvalue weighted by Crippen LogP contribution is -2.37. The molecule has 2 aromatic heterocycles. The van der Waals surface area contributed by atoms with Crippen LogP contribution in [0.15, 0.2) is 29.1 Å². The third-order valence-electron chi connectivity index (χ3n) is 6.44. The fourth-order valence-electron chi connectivity index (χ4n) is 4.55. The van der Waals surface area contributed by atoms with Gasteiger partial charge in [-0.2, -0.15) is 14.8 Å². The Kier molecular flexibility index (Phi) is 6.87. The molecule has 0 aliphatic heterocycles. The number of carbonyl (C=O) groups is 1. The van der Waals surface area contributed by atoms with Crippen LogP contribution in [-0.2, 0) is 17.8 Å². The number of aryl methyl sites for hydroxylation is 1. The van der Waals surface area contributed by atoms with Gasteiger partial charge in [0.2, 0.25) is 11.9 Å². The first-order chi connectivity index (χ1) is 16.0. The average molecular weight is 447 g/mol. The van der Waals surface area contributed by atoms with Gasteiger partial charge in [-0.25, -0.2) is 4.98 Å². The van der Waals surface area contributed by atoms with Crippen LogP contribution < -0.4 is 10.5 Å². The predicted octanol–water partition coefficient (Wildman–Crippen LogP) is 4.05. The van der Waals surface area contributed by atoms with E-state index in [-0.39, 0.29) is 29.7 Å². The van der Waals surface area contributed by atoms with E-state index in [1.807, 2.05) is 19.1 Å². The number of nitrogens with one attached hydrogen (secondary N) is 1. The molecule has 1 aliphatic rings. The van der Waals surface area contributed by atoms with Gasteiger partial charge >= 0.3 is 0 Å². The fourth-order valence-corrected chi connectivity index (χ4v) is 4.55. The summed E-state index contributed by atoms with van der Waals surface area (Å²) in [6.45, 7) is 4.18. The number of benzene rings is 1. The zero-order valence-corrected chi connectivity index (χ0v) is 19.3. The molecule has 1 aliphatic carbocycles. The Balaban J connectivity index is 1.75. The van der Waals surface area contributed by atoms with Crippen LogP contribution in [0.3, 0.4) is 0 Å². The third kappa shape index (κ3) is 4.82. The minimum Gasteiger partial charge on any atom is -0.276 e. The van der Waals surface area contributed by atoms with Crippen LogP contribution in [0.2, 0.25) is 0 Å². The van der Waals surface area contributed by atoms with Gasteiger partial charge in [0, 0.05) is 11.5 Å². The first kappa shape index (κ1) is 22.7. The van der Waals surface area contributed by atoms with Gasteiger partial charge in [0.25, 0.3) is 11.3 Å². The summed E-state index contributed by atoms with van der Waals surface area (Å²) in [5.41, 5.74) is 2.56. The average Bonchev–Trinajstić information content (AvgIpc) is 3.26. The minimum absolute atomic E-state index is 0.00732. The Morgan fingerprint density at radius 3 is 2.79 bits per heavy atom. The van der Waals surface area contributed by atoms with Crippen molar-refractivity contribution in [2.75, 3.05) is 4.90 Å². The molecule has 172 valence electrons. The quantitative estimate of drug-likeness (QED) is 0.589. The second-order valence-corrected chi connectivity index (χ2v) is 8.84. The zero-order valence-electron chi connectivity index (χ0n) is 19.3. The predicted molar refractivity (Wildman–Crippen MR) is 126 cm³/mol. The third-order valence-corrected chi connectivity index (χ3v) is 6.44. The standard InChI is InChI=1S/C25H30N6O2/c1-3-4-13-21-17(2)27-24-28-25(29-31(24)23(21)33)30(22(32)20-11-6-5-7-12-20)16-19-10-8-9-18(14-19)15-26/h8-10,14,20H,3-7,11-13,16H2,1-2H3,(H,27,28,29). The van der Waals surface area contributed by atoms with Crippen LogP contribution in [0.1, 0.15) is 74.3 Å². The SMILES string of the molecule is CCCCc1c(C)nc2nc(N(Cc3cccc(C#N)c3)C(=O)C3CCCCC3)[nH]n2c1=O. The molecule has 1 N–H and O–H groups in total. The fraction of sp³-hybridized carbons (Fsp3) is 0.480. The van der Waals surface area contributed by atoms with Crippen molar-refractivity contribution >= 4 is 17.6 Å². The summed E-state index contributed by atoms with van der Waals surface area (Å²) in [7, 11) is 0. The van der Waals surface area contributed by atoms with Gasteiger partial charge in [-0.1, -0.05) is 44.7 Å². The summed E-state index contributed by atoms with van der Waals surface area (Å²) in [5, 5.41) is 12.3. The summed E-state index contributed by atoms with van der Waals surface area (Å²) in [6.07, 6.45) is 7.49. The maximum Gasteiger partial charge on any atom is 0.277 e. The van der Waals surface area contributed by atoms with Crippen molar-refractivity contribution in [2.24, 2.45) is 5.92 Å². The zero-order chi connectivity index (χ0) is 23.4. The van der Waals surface area contributed by atoms with E-state index in [0.717, 1.165) is 50.5 Å². The van der Waals surface area contributed by atoms with Gasteiger partial charge in [-0.3, -0.25) is 19.6 Å². The molecular formula is C25H30N6O2. The van der Waals surface area contributed by atoms with Crippen molar-refractivity contribution in [3.63, 3.8) is 0 Å². The maximum absolute atomic E-state index is 13.6. The van der Waals surface area contributed by atoms with Crippen LogP contribution in [0, 0.1) is 24.2 Å². The second kappa shape index (κ2) is 9.99. The Hall–Kier alpha value is -3.47. The Morgan fingerprint density at radius 1 is 1.27 bits per heavy atom. The normalized spacial score (nSPS) is 14.3. The molecule has 0 radical (unpaired) electrons. The van der Waals surface area contributed by atoms with Crippen LogP contribution in [0.25, 0.3) is 5.78 Å². The number of anilines is 1. The molecule has 8 nitrogen and oxygen atoms in total. The number of hydrogen-bond acceptors (Lipinski definition) is 5. The van der Waals surface area contributed by atoms with Crippen molar-refractivity contribution in [1.29, 1.82) is 5.26 Å². The number of fused-ring (bicyclic) bond motifs is 1. The summed E-state index contributed by atoms with van der Waals surface area (Å²) in [5.74, 6) is 0.495. The number of aromatic nitrogens is 4. The molecule has 1 saturated carbocycles. The van der Waals surface area contributed by atoms with Gasteiger partial charge in [-0.15, -0.1) is 0 Å². The number of nitriles is 1. The smallest absolute Gasteiger partial charge is 0.276 e. The number of H-pyrrole nitrogens is 1. The van der Waals surface area contributed by atoms with Gasteiger partial charge in [0.1, 0.15) is 0 Å². The molecule has 4 rings (SSSR count). The molecule has 1 fully saturated rings. The van der Waals surface area contributed by atoms with Crippen LogP contribution in [-0.4, -0.2) is 25.5 Å². The number of hydrogen-bond donors (Lipinski definition) is 1. The van der Waals surface area contributed by atoms with Crippen molar-refractivity contribution in [1.82, 2.24) is 19.6 Å². The highest BCUT2D eigenvalue weighted by Crippen LogP contribution is 2.28. The van der Waals surface area contributed by atoms with E-state index in [0.29, 0.717) is 29.2 Å². The first-order valence-corrected chi connectivity index (χ1v) is 11.8. The Morgan fingerprint density at radius 2 is 2.06 bits per heavy atom. The van der Waals surface area contributed by atoms with E-state index >= 15 is 0 Å². The lowest BCUT2D eigenvalue weighted by atomic mass is 9.88. The number of aromatic amines is 1. The lowest BCUT2D eigenvalue weighted by Gasteiger charge is -2.27. The molecule has 33 heavy (non-hydrogen) atoms. The number of nitrogens with zero attached hydrogens (tertiary/aromatic N) is 5. The lowest BCUT2D eigenvalue weighted by molar-refractivity contribution is -0.123. The van der Waals surface area contributed by atoms with E-state index in [4.69, 9.17) is 0 Å². The van der Waals surface area contributed by atoms with Gasteiger partial charge in [-0.05, 0) is 50.3 Å². The highest BCUT2D eigenvalue weighted by Gasteiger charge is 2.29. The molecule has 3 aromatic rings. The largest absolute Gasteiger partial charge is 0.277 e. The monoisotopic (exact) mass is 446 g/mol. The molecule has 1 aromatic carbocycles. The molecule has 1 amide bonds. The van der Waals surface area contributed by atoms with Gasteiger partial charge in [0.15, 0.2) is 0 Å². The Labute approximate surface area is 193 Å². The maximum atomic E-state index is 13.6. The summed E-state index contributed by atoms with van der Waals surface area (Å²) < 4.78 is 1.35. The van der Waals surface area contributed by atoms with Crippen molar-refractivity contribution in [3.05, 3.63) is 57.0 Å². The van der Waals surface area contributed by atoms with Crippen molar-refractivity contribution in [3.8, 4) is 6.07 Å². The molecule has 0 atom stereocenters. The van der Waals surface area contributed by atoms with E-state index in [2.05, 4.69) is 28.1 Å². The molecule has 2 heterocycles. The number of carbonyl (C=O) groups excluding carboxylic acids is 1. The Bertz CT molecular complexity index is 1250. The topological polar surface area (TPSA) is 107 Å². The highest BCUT2D eigenvalue weighted by atomic mass is 16.2. The highest BCUT2D eigenvalue weighted by molar-refractivity contribution is 5.93. The van der Waals surface area contributed by atoms with Gasteiger partial charge in [0.05, 0.1) is 23.9 Å². The van der Waals surface area contributed by atoms with E-state index in [1.165, 1.54) is 4.52 Å². The van der Waals surface area contributed by atoms with Gasteiger partial charge < -0.3 is 0 Å². The summed E-state index contributed by atoms with van der Waals surface area (Å²) in [4.78, 5) is 37.4. The van der Waals surface area contributed by atoms with Crippen LogP contribution >= 0.6 is 0 Å². The van der Waals surface area contributed by atoms with Crippen molar-refractivity contribution in [2.45, 2.75) is 71.8 Å². The van der Waals surface area contributed by atoms with Crippen molar-refractivity contribution < 1.29 is 4.79 Å². The number of amides is 1. The summed E-state index contributed by atoms with van der Waals surface area (Å²) in [6, 6.07) is 9.37.